The summed E-state index contributed by atoms with van der Waals surface area (Å²) in [5.74, 6) is 6.12. The summed E-state index contributed by atoms with van der Waals surface area (Å²) in [5, 5.41) is 0. The van der Waals surface area contributed by atoms with Crippen molar-refractivity contribution >= 4 is 0 Å². The zero-order valence-corrected chi connectivity index (χ0v) is 6.94. The van der Waals surface area contributed by atoms with Crippen LogP contribution in [0, 0.1) is 11.8 Å². The van der Waals surface area contributed by atoms with E-state index < -0.39 is 0 Å². The molecule has 0 aromatic heterocycles. The van der Waals surface area contributed by atoms with Gasteiger partial charge in [0.15, 0.2) is 0 Å². The molecule has 0 aliphatic rings. The molecule has 0 aromatic rings. The normalized spacial score (nSPS) is 8.60. The Labute approximate surface area is 63.8 Å². The first-order valence-corrected chi connectivity index (χ1v) is 3.86. The molecule has 0 aromatic carbocycles. The Morgan fingerprint density at radius 1 is 1.20 bits per heavy atom. The minimum Gasteiger partial charge on any atom is -0.385 e. The maximum atomic E-state index is 4.90. The molecule has 0 spiro atoms. The van der Waals surface area contributed by atoms with Crippen LogP contribution in [0.4, 0.5) is 0 Å². The number of methoxy groups -OCH3 is 1. The number of ether oxygens (including phenoxy) is 1. The van der Waals surface area contributed by atoms with Gasteiger partial charge in [-0.3, -0.25) is 0 Å². The molecule has 0 N–H and O–H groups in total. The van der Waals surface area contributed by atoms with Crippen molar-refractivity contribution in [3.63, 3.8) is 0 Å². The van der Waals surface area contributed by atoms with E-state index in [1.807, 2.05) is 0 Å². The standard InChI is InChI=1S/C9H16O/c1-3-4-5-6-7-8-9-10-2/h3,6-9H2,1-2H3. The maximum Gasteiger partial charge on any atom is 0.0462 e. The highest BCUT2D eigenvalue weighted by Crippen LogP contribution is 1.93. The van der Waals surface area contributed by atoms with Crippen LogP contribution in [0.15, 0.2) is 0 Å². The van der Waals surface area contributed by atoms with E-state index in [0.29, 0.717) is 0 Å². The van der Waals surface area contributed by atoms with E-state index >= 15 is 0 Å². The molecule has 0 rings (SSSR count). The third kappa shape index (κ3) is 7.52. The molecule has 1 heteroatoms. The molecule has 0 radical (unpaired) electrons. The van der Waals surface area contributed by atoms with Crippen LogP contribution in [-0.4, -0.2) is 13.7 Å². The Morgan fingerprint density at radius 3 is 2.60 bits per heavy atom. The van der Waals surface area contributed by atoms with E-state index in [2.05, 4.69) is 18.8 Å². The van der Waals surface area contributed by atoms with Gasteiger partial charge < -0.3 is 4.74 Å². The molecule has 0 unspecified atom stereocenters. The topological polar surface area (TPSA) is 9.23 Å². The molecule has 0 heterocycles. The fourth-order valence-electron chi connectivity index (χ4n) is 0.673. The van der Waals surface area contributed by atoms with Gasteiger partial charge >= 0.3 is 0 Å². The van der Waals surface area contributed by atoms with Crippen molar-refractivity contribution in [3.05, 3.63) is 0 Å². The van der Waals surface area contributed by atoms with Gasteiger partial charge in [0.2, 0.25) is 0 Å². The summed E-state index contributed by atoms with van der Waals surface area (Å²) in [4.78, 5) is 0. The number of rotatable bonds is 4. The third-order valence-electron chi connectivity index (χ3n) is 1.20. The molecule has 0 saturated heterocycles. The Morgan fingerprint density at radius 2 is 2.00 bits per heavy atom. The summed E-state index contributed by atoms with van der Waals surface area (Å²) >= 11 is 0. The van der Waals surface area contributed by atoms with E-state index in [1.165, 1.54) is 6.42 Å². The summed E-state index contributed by atoms with van der Waals surface area (Å²) in [5.41, 5.74) is 0. The minimum absolute atomic E-state index is 0.869. The highest BCUT2D eigenvalue weighted by Gasteiger charge is 1.82. The van der Waals surface area contributed by atoms with Crippen LogP contribution < -0.4 is 0 Å². The van der Waals surface area contributed by atoms with Gasteiger partial charge in [-0.05, 0) is 12.8 Å². The van der Waals surface area contributed by atoms with Gasteiger partial charge in [-0.1, -0.05) is 6.92 Å². The lowest BCUT2D eigenvalue weighted by molar-refractivity contribution is 0.193. The zero-order valence-electron chi connectivity index (χ0n) is 6.94. The summed E-state index contributed by atoms with van der Waals surface area (Å²) in [6, 6.07) is 0. The number of hydrogen-bond donors (Lipinski definition) is 0. The maximum absolute atomic E-state index is 4.90. The van der Waals surface area contributed by atoms with Gasteiger partial charge in [0.05, 0.1) is 0 Å². The van der Waals surface area contributed by atoms with Crippen molar-refractivity contribution in [2.45, 2.75) is 32.6 Å². The molecule has 10 heavy (non-hydrogen) atoms. The number of hydrogen-bond acceptors (Lipinski definition) is 1. The second kappa shape index (κ2) is 8.52. The SMILES string of the molecule is CCC#CCCCCOC. The predicted molar refractivity (Wildman–Crippen MR) is 43.8 cm³/mol. The Hall–Kier alpha value is -0.480. The summed E-state index contributed by atoms with van der Waals surface area (Å²) in [6.45, 7) is 2.94. The van der Waals surface area contributed by atoms with Gasteiger partial charge in [0.25, 0.3) is 0 Å². The van der Waals surface area contributed by atoms with Crippen LogP contribution in [0.1, 0.15) is 32.6 Å². The Bertz CT molecular complexity index is 108. The molecule has 0 atom stereocenters. The first kappa shape index (κ1) is 9.52. The average Bonchev–Trinajstić information content (AvgIpc) is 1.97. The second-order valence-corrected chi connectivity index (χ2v) is 2.16. The molecular formula is C9H16O. The fraction of sp³-hybridized carbons (Fsp3) is 0.778. The highest BCUT2D eigenvalue weighted by molar-refractivity contribution is 4.97. The monoisotopic (exact) mass is 140 g/mol. The molecular weight excluding hydrogens is 124 g/mol. The van der Waals surface area contributed by atoms with Gasteiger partial charge in [-0.15, -0.1) is 11.8 Å². The van der Waals surface area contributed by atoms with Crippen molar-refractivity contribution in [2.24, 2.45) is 0 Å². The molecule has 0 saturated carbocycles. The lowest BCUT2D eigenvalue weighted by atomic mass is 10.2. The highest BCUT2D eigenvalue weighted by atomic mass is 16.5. The van der Waals surface area contributed by atoms with Gasteiger partial charge in [0.1, 0.15) is 0 Å². The first-order chi connectivity index (χ1) is 4.91. The van der Waals surface area contributed by atoms with Crippen molar-refractivity contribution in [1.29, 1.82) is 0 Å². The third-order valence-corrected chi connectivity index (χ3v) is 1.20. The summed E-state index contributed by atoms with van der Waals surface area (Å²) < 4.78 is 4.90. The average molecular weight is 140 g/mol. The van der Waals surface area contributed by atoms with E-state index in [-0.39, 0.29) is 0 Å². The van der Waals surface area contributed by atoms with Crippen molar-refractivity contribution in [1.82, 2.24) is 0 Å². The molecule has 0 bridgehead atoms. The molecule has 0 fully saturated rings. The minimum atomic E-state index is 0.869. The van der Waals surface area contributed by atoms with Crippen LogP contribution in [0.3, 0.4) is 0 Å². The largest absolute Gasteiger partial charge is 0.385 e. The van der Waals surface area contributed by atoms with E-state index in [9.17, 15) is 0 Å². The summed E-state index contributed by atoms with van der Waals surface area (Å²) in [6.07, 6.45) is 4.30. The van der Waals surface area contributed by atoms with Crippen LogP contribution >= 0.6 is 0 Å². The lowest BCUT2D eigenvalue weighted by Crippen LogP contribution is -1.86. The van der Waals surface area contributed by atoms with Gasteiger partial charge in [-0.25, -0.2) is 0 Å². The van der Waals surface area contributed by atoms with Crippen molar-refractivity contribution in [3.8, 4) is 11.8 Å². The first-order valence-electron chi connectivity index (χ1n) is 3.86. The molecule has 1 nitrogen and oxygen atoms in total. The molecule has 58 valence electrons. The summed E-state index contributed by atoms with van der Waals surface area (Å²) in [7, 11) is 1.73. The van der Waals surface area contributed by atoms with E-state index in [1.54, 1.807) is 7.11 Å². The molecule has 0 aliphatic heterocycles. The van der Waals surface area contributed by atoms with Crippen molar-refractivity contribution < 1.29 is 4.74 Å². The van der Waals surface area contributed by atoms with Gasteiger partial charge in [-0.2, -0.15) is 0 Å². The fourth-order valence-corrected chi connectivity index (χ4v) is 0.673. The van der Waals surface area contributed by atoms with Crippen LogP contribution in [-0.2, 0) is 4.74 Å². The van der Waals surface area contributed by atoms with Crippen molar-refractivity contribution in [2.75, 3.05) is 13.7 Å². The second-order valence-electron chi connectivity index (χ2n) is 2.16. The quantitative estimate of drug-likeness (QED) is 0.430. The predicted octanol–water partition coefficient (Wildman–Crippen LogP) is 2.22. The van der Waals surface area contributed by atoms with E-state index in [4.69, 9.17) is 4.74 Å². The molecule has 0 aliphatic carbocycles. The molecule has 0 amide bonds. The lowest BCUT2D eigenvalue weighted by Gasteiger charge is -1.93. The Balaban J connectivity index is 2.90. The van der Waals surface area contributed by atoms with Crippen LogP contribution in [0.2, 0.25) is 0 Å². The zero-order chi connectivity index (χ0) is 7.66. The van der Waals surface area contributed by atoms with E-state index in [0.717, 1.165) is 25.9 Å². The van der Waals surface area contributed by atoms with Crippen LogP contribution in [0.5, 0.6) is 0 Å². The Kier molecular flexibility index (Phi) is 8.11. The van der Waals surface area contributed by atoms with Gasteiger partial charge in [0, 0.05) is 26.6 Å². The van der Waals surface area contributed by atoms with Crippen LogP contribution in [0.25, 0.3) is 0 Å². The smallest absolute Gasteiger partial charge is 0.0462 e. The number of unbranched alkanes of at least 4 members (excludes halogenated alkanes) is 2.